The molecule has 11 rings (SSSR count). The summed E-state index contributed by atoms with van der Waals surface area (Å²) in [6.45, 7) is 0. The Morgan fingerprint density at radius 3 is 1.93 bits per heavy atom. The van der Waals surface area contributed by atoms with Gasteiger partial charge in [0, 0.05) is 54.4 Å². The predicted octanol–water partition coefficient (Wildman–Crippen LogP) is 12.9. The van der Waals surface area contributed by atoms with Gasteiger partial charge in [-0.1, -0.05) is 97.8 Å². The molecule has 0 atom stereocenters. The molecule has 1 fully saturated rings. The number of para-hydroxylation sites is 1. The Balaban J connectivity index is 0.00000372. The third-order valence-electron chi connectivity index (χ3n) is 12.0. The van der Waals surface area contributed by atoms with Crippen molar-refractivity contribution in [1.29, 1.82) is 0 Å². The fourth-order valence-corrected chi connectivity index (χ4v) is 9.47. The van der Waals surface area contributed by atoms with Gasteiger partial charge in [0.25, 0.3) is 0 Å². The van der Waals surface area contributed by atoms with Crippen LogP contribution in [0.5, 0.6) is 0 Å². The van der Waals surface area contributed by atoms with Crippen molar-refractivity contribution in [2.75, 3.05) is 0 Å². The fraction of sp³-hybridized carbons (Fsp3) is 0.0980. The van der Waals surface area contributed by atoms with Crippen LogP contribution >= 0.6 is 0 Å². The van der Waals surface area contributed by atoms with E-state index in [1.54, 1.807) is 0 Å². The molecule has 265 valence electrons. The largest absolute Gasteiger partial charge is 0.308 e. The Bertz CT molecular complexity index is 2830. The van der Waals surface area contributed by atoms with Crippen LogP contribution in [-0.4, -0.2) is 14.5 Å². The van der Waals surface area contributed by atoms with E-state index in [0.717, 1.165) is 22.5 Å². The number of pyridine rings is 2. The zero-order valence-corrected chi connectivity index (χ0v) is 32.6. The molecule has 3 aromatic heterocycles. The monoisotopic (exact) mass is 883 g/mol. The van der Waals surface area contributed by atoms with E-state index in [4.69, 9.17) is 0 Å². The van der Waals surface area contributed by atoms with Crippen molar-refractivity contribution in [2.24, 2.45) is 0 Å². The molecule has 0 aliphatic heterocycles. The van der Waals surface area contributed by atoms with Gasteiger partial charge < -0.3 is 9.55 Å². The van der Waals surface area contributed by atoms with E-state index in [0.29, 0.717) is 0 Å². The van der Waals surface area contributed by atoms with Gasteiger partial charge in [-0.25, -0.2) is 0 Å². The number of hydrogen-bond acceptors (Lipinski definition) is 2. The molecule has 9 aromatic rings. The van der Waals surface area contributed by atoms with E-state index in [9.17, 15) is 0 Å². The van der Waals surface area contributed by atoms with Gasteiger partial charge in [0.2, 0.25) is 0 Å². The summed E-state index contributed by atoms with van der Waals surface area (Å²) in [7, 11) is 0. The van der Waals surface area contributed by atoms with Crippen molar-refractivity contribution in [1.82, 2.24) is 14.5 Å². The molecular formula is C51H36IrN3-. The van der Waals surface area contributed by atoms with E-state index in [1.807, 2.05) is 42.9 Å². The van der Waals surface area contributed by atoms with Gasteiger partial charge in [-0.05, 0) is 117 Å². The molecule has 55 heavy (non-hydrogen) atoms. The predicted molar refractivity (Wildman–Crippen MR) is 222 cm³/mol. The molecule has 3 heterocycles. The maximum Gasteiger partial charge on any atom is 0.0724 e. The average Bonchev–Trinajstić information content (AvgIpc) is 3.95. The fourth-order valence-electron chi connectivity index (χ4n) is 9.47. The van der Waals surface area contributed by atoms with Gasteiger partial charge >= 0.3 is 0 Å². The van der Waals surface area contributed by atoms with Crippen molar-refractivity contribution >= 4 is 21.8 Å². The van der Waals surface area contributed by atoms with E-state index in [2.05, 4.69) is 148 Å². The van der Waals surface area contributed by atoms with Crippen LogP contribution in [-0.2, 0) is 25.5 Å². The molecule has 4 heteroatoms. The van der Waals surface area contributed by atoms with Gasteiger partial charge in [-0.3, -0.25) is 4.98 Å². The standard InChI is InChI=1S/C51H36N3.Ir/c1-2-15-49-44(13-1)45-24-28-52-33-50(45)54(49)41-20-16-34(17-21-41)38-18-22-42-43-23-19-39(32-47(43)51(46(42)31-38)25-4-5-26-51)36-10-7-9-35(29-36)37-11-8-12-40(30-37)48-14-3-6-27-53-48;/h1-3,6-11,13-24,27-33H,4-5,25-26H2;/q-1;. The Morgan fingerprint density at radius 2 is 1.18 bits per heavy atom. The van der Waals surface area contributed by atoms with Gasteiger partial charge in [-0.15, -0.1) is 35.4 Å². The van der Waals surface area contributed by atoms with Crippen LogP contribution in [0, 0.1) is 6.07 Å². The maximum absolute atomic E-state index is 4.55. The van der Waals surface area contributed by atoms with Gasteiger partial charge in [-0.2, -0.15) is 0 Å². The summed E-state index contributed by atoms with van der Waals surface area (Å²) in [6.07, 6.45) is 10.6. The summed E-state index contributed by atoms with van der Waals surface area (Å²) in [5.41, 5.74) is 18.7. The Hall–Kier alpha value is -5.93. The number of benzene rings is 6. The van der Waals surface area contributed by atoms with Crippen LogP contribution in [0.3, 0.4) is 0 Å². The Labute approximate surface area is 334 Å². The van der Waals surface area contributed by atoms with Crippen molar-refractivity contribution < 1.29 is 20.1 Å². The maximum atomic E-state index is 4.55. The van der Waals surface area contributed by atoms with Crippen LogP contribution in [0.2, 0.25) is 0 Å². The summed E-state index contributed by atoms with van der Waals surface area (Å²) < 4.78 is 2.33. The van der Waals surface area contributed by atoms with E-state index in [1.165, 1.54) is 97.6 Å². The first-order chi connectivity index (χ1) is 26.7. The summed E-state index contributed by atoms with van der Waals surface area (Å²) >= 11 is 0. The second kappa shape index (κ2) is 13.4. The Morgan fingerprint density at radius 1 is 0.527 bits per heavy atom. The number of fused-ring (bicyclic) bond motifs is 8. The van der Waals surface area contributed by atoms with Gasteiger partial charge in [0.15, 0.2) is 0 Å². The molecule has 0 saturated heterocycles. The second-order valence-electron chi connectivity index (χ2n) is 14.9. The average molecular weight is 883 g/mol. The summed E-state index contributed by atoms with van der Waals surface area (Å²) in [5.74, 6) is 0. The minimum absolute atomic E-state index is 0. The number of rotatable bonds is 5. The van der Waals surface area contributed by atoms with E-state index >= 15 is 0 Å². The molecular weight excluding hydrogens is 847 g/mol. The van der Waals surface area contributed by atoms with Crippen molar-refractivity contribution in [3.63, 3.8) is 0 Å². The van der Waals surface area contributed by atoms with Gasteiger partial charge in [0.1, 0.15) is 0 Å². The van der Waals surface area contributed by atoms with E-state index < -0.39 is 0 Å². The molecule has 0 N–H and O–H groups in total. The van der Waals surface area contributed by atoms with Crippen LogP contribution in [0.1, 0.15) is 36.8 Å². The van der Waals surface area contributed by atoms with E-state index in [-0.39, 0.29) is 25.5 Å². The first kappa shape index (κ1) is 33.6. The minimum atomic E-state index is 0. The zero-order chi connectivity index (χ0) is 35.6. The summed E-state index contributed by atoms with van der Waals surface area (Å²) in [5, 5.41) is 2.48. The minimum Gasteiger partial charge on any atom is -0.308 e. The quantitative estimate of drug-likeness (QED) is 0.161. The first-order valence-electron chi connectivity index (χ1n) is 19.0. The van der Waals surface area contributed by atoms with Crippen molar-refractivity contribution in [2.45, 2.75) is 31.1 Å². The topological polar surface area (TPSA) is 30.7 Å². The molecule has 0 unspecified atom stereocenters. The van der Waals surface area contributed by atoms with Crippen LogP contribution in [0.25, 0.3) is 83.3 Å². The normalized spacial score (nSPS) is 13.9. The molecule has 2 aliphatic carbocycles. The molecule has 0 amide bonds. The molecule has 1 saturated carbocycles. The summed E-state index contributed by atoms with van der Waals surface area (Å²) in [6, 6.07) is 59.0. The molecule has 1 radical (unpaired) electrons. The van der Waals surface area contributed by atoms with Crippen LogP contribution in [0.15, 0.2) is 170 Å². The Kier molecular flexibility index (Phi) is 8.21. The third kappa shape index (κ3) is 5.43. The van der Waals surface area contributed by atoms with Gasteiger partial charge in [0.05, 0.1) is 17.2 Å². The summed E-state index contributed by atoms with van der Waals surface area (Å²) in [4.78, 5) is 9.03. The molecule has 0 bridgehead atoms. The third-order valence-corrected chi connectivity index (χ3v) is 12.0. The van der Waals surface area contributed by atoms with Crippen molar-refractivity contribution in [3.8, 4) is 61.5 Å². The molecule has 6 aromatic carbocycles. The molecule has 3 nitrogen and oxygen atoms in total. The zero-order valence-electron chi connectivity index (χ0n) is 30.2. The number of hydrogen-bond donors (Lipinski definition) is 0. The SMILES string of the molecule is [Ir].[c-]1ccc(-c2cccc(-c3ccc4c(c3)C3(CCCC3)c3cc(-c5ccc(-n6c7ccccc7c7ccncc76)cc5)ccc3-4)c2)cc1-c1ccccn1. The molecule has 2 aliphatic rings. The number of nitrogens with zero attached hydrogens (tertiary/aromatic N) is 3. The van der Waals surface area contributed by atoms with Crippen molar-refractivity contribution in [3.05, 3.63) is 187 Å². The number of aromatic nitrogens is 3. The smallest absolute Gasteiger partial charge is 0.0724 e. The van der Waals surface area contributed by atoms with Crippen LogP contribution in [0.4, 0.5) is 0 Å². The van der Waals surface area contributed by atoms with Crippen LogP contribution < -0.4 is 0 Å². The molecule has 1 spiro atoms. The second-order valence-corrected chi connectivity index (χ2v) is 14.9. The first-order valence-corrected chi connectivity index (χ1v) is 19.0.